The molecule has 4 rings (SSSR count). The second-order valence-corrected chi connectivity index (χ2v) is 8.51. The third-order valence-electron chi connectivity index (χ3n) is 5.83. The van der Waals surface area contributed by atoms with E-state index >= 15 is 0 Å². The molecule has 1 aromatic carbocycles. The lowest BCUT2D eigenvalue weighted by Crippen LogP contribution is -2.52. The summed E-state index contributed by atoms with van der Waals surface area (Å²) in [6, 6.07) is 6.34. The van der Waals surface area contributed by atoms with E-state index in [9.17, 15) is 14.0 Å². The van der Waals surface area contributed by atoms with Crippen molar-refractivity contribution >= 4 is 34.8 Å². The Morgan fingerprint density at radius 3 is 2.88 bits per heavy atom. The van der Waals surface area contributed by atoms with Crippen molar-refractivity contribution in [3.63, 3.8) is 0 Å². The first-order valence-corrected chi connectivity index (χ1v) is 10.9. The molecule has 0 radical (unpaired) electrons. The Morgan fingerprint density at radius 1 is 1.28 bits per heavy atom. The molecule has 0 unspecified atom stereocenters. The number of anilines is 1. The van der Waals surface area contributed by atoms with Gasteiger partial charge in [0.25, 0.3) is 0 Å². The molecule has 0 bridgehead atoms. The number of fused-ring (bicyclic) bond motifs is 1. The summed E-state index contributed by atoms with van der Waals surface area (Å²) in [6.07, 6.45) is 3.92. The molecule has 0 saturated heterocycles. The molecule has 3 atom stereocenters. The molecule has 2 heterocycles. The van der Waals surface area contributed by atoms with Gasteiger partial charge in [-0.3, -0.25) is 9.59 Å². The molecular weight excluding hydrogens is 433 g/mol. The van der Waals surface area contributed by atoms with Gasteiger partial charge in [-0.1, -0.05) is 29.8 Å². The molecule has 5 N–H and O–H groups in total. The number of nitrogens with zero attached hydrogens (tertiary/aromatic N) is 1. The van der Waals surface area contributed by atoms with Crippen LogP contribution in [0.4, 0.5) is 10.2 Å². The Kier molecular flexibility index (Phi) is 6.43. The second kappa shape index (κ2) is 9.26. The molecule has 7 nitrogen and oxygen atoms in total. The Hall–Kier alpha value is -2.97. The van der Waals surface area contributed by atoms with Crippen LogP contribution in [0.1, 0.15) is 42.6 Å². The number of aryl methyl sites for hydroxylation is 1. The molecule has 0 spiro atoms. The number of pyridine rings is 1. The lowest BCUT2D eigenvalue weighted by atomic mass is 9.96. The standard InChI is InChI=1S/C23H25ClFN5O2/c1-12(22(31)30-19-6-5-18-16(19)4-7-21(26)29-18)28-23(32)20-10-13(8-9-27-20)15-3-2-14(25)11-17(15)24/h2-4,7,10-12,19-20,27H,5-6,8-9H2,1H3,(H2,26,29)(H,28,32)(H,30,31)/t12-,19+,20-/m0/s1. The van der Waals surface area contributed by atoms with Gasteiger partial charge in [0.05, 0.1) is 11.1 Å². The van der Waals surface area contributed by atoms with Gasteiger partial charge in [-0.05, 0) is 61.1 Å². The van der Waals surface area contributed by atoms with Crippen LogP contribution in [0.5, 0.6) is 0 Å². The zero-order valence-electron chi connectivity index (χ0n) is 17.6. The molecule has 0 fully saturated rings. The van der Waals surface area contributed by atoms with Crippen LogP contribution in [0.15, 0.2) is 36.4 Å². The van der Waals surface area contributed by atoms with Gasteiger partial charge >= 0.3 is 0 Å². The Morgan fingerprint density at radius 2 is 2.09 bits per heavy atom. The molecule has 168 valence electrons. The van der Waals surface area contributed by atoms with Crippen LogP contribution in [0, 0.1) is 5.82 Å². The maximum atomic E-state index is 13.4. The first kappa shape index (κ1) is 22.2. The number of nitrogens with two attached hydrogens (primary N) is 1. The van der Waals surface area contributed by atoms with Gasteiger partial charge in [-0.2, -0.15) is 0 Å². The Balaban J connectivity index is 1.38. The van der Waals surface area contributed by atoms with Crippen LogP contribution in [0.2, 0.25) is 5.02 Å². The fourth-order valence-corrected chi connectivity index (χ4v) is 4.44. The second-order valence-electron chi connectivity index (χ2n) is 8.10. The van der Waals surface area contributed by atoms with E-state index in [0.717, 1.165) is 29.7 Å². The minimum Gasteiger partial charge on any atom is -0.384 e. The van der Waals surface area contributed by atoms with Crippen LogP contribution in [0.25, 0.3) is 5.57 Å². The van der Waals surface area contributed by atoms with E-state index in [1.165, 1.54) is 12.1 Å². The van der Waals surface area contributed by atoms with Gasteiger partial charge in [0.2, 0.25) is 11.8 Å². The first-order valence-electron chi connectivity index (χ1n) is 10.6. The average Bonchev–Trinajstić information content (AvgIpc) is 3.15. The summed E-state index contributed by atoms with van der Waals surface area (Å²) in [5, 5.41) is 9.18. The summed E-state index contributed by atoms with van der Waals surface area (Å²) >= 11 is 6.18. The summed E-state index contributed by atoms with van der Waals surface area (Å²) in [5.74, 6) is -0.531. The van der Waals surface area contributed by atoms with Crippen molar-refractivity contribution in [1.82, 2.24) is 20.9 Å². The molecule has 1 aliphatic carbocycles. The predicted molar refractivity (Wildman–Crippen MR) is 121 cm³/mol. The Labute approximate surface area is 190 Å². The van der Waals surface area contributed by atoms with Crippen molar-refractivity contribution in [1.29, 1.82) is 0 Å². The summed E-state index contributed by atoms with van der Waals surface area (Å²) in [7, 11) is 0. The molecule has 2 aromatic rings. The third kappa shape index (κ3) is 4.76. The van der Waals surface area contributed by atoms with Crippen molar-refractivity contribution in [2.75, 3.05) is 12.3 Å². The van der Waals surface area contributed by atoms with Crippen LogP contribution in [-0.4, -0.2) is 35.4 Å². The monoisotopic (exact) mass is 457 g/mol. The van der Waals surface area contributed by atoms with Gasteiger partial charge in [0, 0.05) is 12.2 Å². The fraction of sp³-hybridized carbons (Fsp3) is 0.348. The quantitative estimate of drug-likeness (QED) is 0.551. The van der Waals surface area contributed by atoms with Gasteiger partial charge in [0.1, 0.15) is 23.7 Å². The molecule has 0 saturated carbocycles. The maximum Gasteiger partial charge on any atom is 0.242 e. The number of carbonyl (C=O) groups excluding carboxylic acids is 2. The highest BCUT2D eigenvalue weighted by Crippen LogP contribution is 2.31. The average molecular weight is 458 g/mol. The fourth-order valence-electron chi connectivity index (χ4n) is 4.15. The zero-order valence-corrected chi connectivity index (χ0v) is 18.4. The number of hydrogen-bond donors (Lipinski definition) is 4. The van der Waals surface area contributed by atoms with Crippen molar-refractivity contribution in [2.24, 2.45) is 0 Å². The lowest BCUT2D eigenvalue weighted by Gasteiger charge is -2.25. The van der Waals surface area contributed by atoms with E-state index < -0.39 is 17.9 Å². The smallest absolute Gasteiger partial charge is 0.242 e. The normalized spacial score (nSPS) is 20.8. The number of benzene rings is 1. The third-order valence-corrected chi connectivity index (χ3v) is 6.14. The van der Waals surface area contributed by atoms with Gasteiger partial charge < -0.3 is 21.7 Å². The van der Waals surface area contributed by atoms with Crippen LogP contribution >= 0.6 is 11.6 Å². The van der Waals surface area contributed by atoms with Crippen LogP contribution < -0.4 is 21.7 Å². The van der Waals surface area contributed by atoms with Crippen LogP contribution in [-0.2, 0) is 16.0 Å². The maximum absolute atomic E-state index is 13.4. The van der Waals surface area contributed by atoms with Gasteiger partial charge in [0.15, 0.2) is 0 Å². The van der Waals surface area contributed by atoms with Crippen LogP contribution in [0.3, 0.4) is 0 Å². The summed E-state index contributed by atoms with van der Waals surface area (Å²) in [6.45, 7) is 2.21. The largest absolute Gasteiger partial charge is 0.384 e. The molecule has 1 aliphatic heterocycles. The molecule has 2 aliphatic rings. The number of amides is 2. The topological polar surface area (TPSA) is 109 Å². The molecule has 2 amide bonds. The van der Waals surface area contributed by atoms with E-state index in [4.69, 9.17) is 17.3 Å². The minimum absolute atomic E-state index is 0.148. The summed E-state index contributed by atoms with van der Waals surface area (Å²) in [5.41, 5.74) is 9.16. The van der Waals surface area contributed by atoms with E-state index in [-0.39, 0.29) is 17.9 Å². The highest BCUT2D eigenvalue weighted by atomic mass is 35.5. The highest BCUT2D eigenvalue weighted by Gasteiger charge is 2.29. The molecular formula is C23H25ClFN5O2. The molecule has 9 heteroatoms. The highest BCUT2D eigenvalue weighted by molar-refractivity contribution is 6.32. The number of carbonyl (C=O) groups is 2. The van der Waals surface area contributed by atoms with E-state index in [0.29, 0.717) is 29.4 Å². The molecule has 32 heavy (non-hydrogen) atoms. The van der Waals surface area contributed by atoms with Crippen molar-refractivity contribution in [2.45, 2.75) is 44.3 Å². The number of nitrogen functional groups attached to an aromatic ring is 1. The predicted octanol–water partition coefficient (Wildman–Crippen LogP) is 2.51. The van der Waals surface area contributed by atoms with Crippen molar-refractivity contribution in [3.8, 4) is 0 Å². The Bertz CT molecular complexity index is 1090. The number of nitrogens with one attached hydrogen (secondary N) is 3. The summed E-state index contributed by atoms with van der Waals surface area (Å²) < 4.78 is 13.4. The number of halogens is 2. The van der Waals surface area contributed by atoms with Crippen molar-refractivity contribution in [3.05, 3.63) is 64.1 Å². The van der Waals surface area contributed by atoms with Gasteiger partial charge in [-0.15, -0.1) is 0 Å². The minimum atomic E-state index is -0.719. The van der Waals surface area contributed by atoms with E-state index in [1.54, 1.807) is 25.1 Å². The van der Waals surface area contributed by atoms with Gasteiger partial charge in [-0.25, -0.2) is 9.37 Å². The number of aromatic nitrogens is 1. The number of rotatable bonds is 5. The SMILES string of the molecule is C[C@H](NC(=O)[C@@H]1C=C(c2ccc(F)cc2Cl)CCN1)C(=O)N[C@@H]1CCc2nc(N)ccc21. The van der Waals surface area contributed by atoms with E-state index in [2.05, 4.69) is 20.9 Å². The van der Waals surface area contributed by atoms with Crippen molar-refractivity contribution < 1.29 is 14.0 Å². The molecule has 1 aromatic heterocycles. The van der Waals surface area contributed by atoms with E-state index in [1.807, 2.05) is 6.07 Å². The zero-order chi connectivity index (χ0) is 22.8. The lowest BCUT2D eigenvalue weighted by molar-refractivity contribution is -0.129. The number of hydrogen-bond acceptors (Lipinski definition) is 5. The summed E-state index contributed by atoms with van der Waals surface area (Å²) in [4.78, 5) is 29.8. The first-order chi connectivity index (χ1) is 15.3.